The Bertz CT molecular complexity index is 529. The first kappa shape index (κ1) is 11.2. The summed E-state index contributed by atoms with van der Waals surface area (Å²) in [7, 11) is 1.54. The Labute approximate surface area is 99.2 Å². The average Bonchev–Trinajstić information content (AvgIpc) is 2.31. The van der Waals surface area contributed by atoms with Crippen LogP contribution in [0.5, 0.6) is 17.6 Å². The summed E-state index contributed by atoms with van der Waals surface area (Å²) < 4.78 is 10.5. The topological polar surface area (TPSA) is 70.3 Å². The summed E-state index contributed by atoms with van der Waals surface area (Å²) in [6, 6.07) is 9.12. The number of nitrogen functional groups attached to an aromatic ring is 1. The highest BCUT2D eigenvalue weighted by Gasteiger charge is 2.06. The Morgan fingerprint density at radius 1 is 1.18 bits per heavy atom. The van der Waals surface area contributed by atoms with Gasteiger partial charge in [0.15, 0.2) is 5.75 Å². The van der Waals surface area contributed by atoms with E-state index in [1.54, 1.807) is 25.3 Å². The summed E-state index contributed by atoms with van der Waals surface area (Å²) in [4.78, 5) is 8.23. The van der Waals surface area contributed by atoms with Crippen molar-refractivity contribution in [3.63, 3.8) is 0 Å². The summed E-state index contributed by atoms with van der Waals surface area (Å²) in [5.74, 6) is 0.988. The number of hydrogen-bond donors (Lipinski definition) is 1. The quantitative estimate of drug-likeness (QED) is 0.820. The van der Waals surface area contributed by atoms with E-state index in [9.17, 15) is 0 Å². The van der Waals surface area contributed by atoms with Crippen LogP contribution >= 0.6 is 0 Å². The lowest BCUT2D eigenvalue weighted by molar-refractivity contribution is 0.375. The third-order valence-electron chi connectivity index (χ3n) is 2.14. The van der Waals surface area contributed by atoms with Crippen molar-refractivity contribution in [2.45, 2.75) is 6.92 Å². The standard InChI is InChI=1S/C12H13N3O2/c1-8-7-11(16-2)15-12(14-8)17-10-6-4-3-5-9(10)13/h3-7H,13H2,1-2H3. The van der Waals surface area contributed by atoms with Gasteiger partial charge in [0.25, 0.3) is 0 Å². The predicted molar refractivity (Wildman–Crippen MR) is 64.2 cm³/mol. The lowest BCUT2D eigenvalue weighted by Crippen LogP contribution is -1.98. The second kappa shape index (κ2) is 4.69. The molecule has 88 valence electrons. The maximum absolute atomic E-state index is 5.77. The highest BCUT2D eigenvalue weighted by atomic mass is 16.5. The summed E-state index contributed by atoms with van der Waals surface area (Å²) in [6.07, 6.45) is 0. The van der Waals surface area contributed by atoms with E-state index in [-0.39, 0.29) is 6.01 Å². The molecule has 2 aromatic rings. The smallest absolute Gasteiger partial charge is 0.325 e. The monoisotopic (exact) mass is 231 g/mol. The highest BCUT2D eigenvalue weighted by Crippen LogP contribution is 2.25. The van der Waals surface area contributed by atoms with Gasteiger partial charge in [-0.25, -0.2) is 0 Å². The van der Waals surface area contributed by atoms with Crippen LogP contribution in [0.4, 0.5) is 5.69 Å². The number of ether oxygens (including phenoxy) is 2. The third kappa shape index (κ3) is 2.63. The molecule has 0 bridgehead atoms. The number of para-hydroxylation sites is 2. The van der Waals surface area contributed by atoms with E-state index in [0.29, 0.717) is 17.3 Å². The highest BCUT2D eigenvalue weighted by molar-refractivity contribution is 5.52. The molecule has 1 aromatic carbocycles. The molecule has 0 radical (unpaired) electrons. The molecule has 0 spiro atoms. The Kier molecular flexibility index (Phi) is 3.09. The number of aromatic nitrogens is 2. The first-order valence-electron chi connectivity index (χ1n) is 5.11. The molecule has 0 saturated carbocycles. The van der Waals surface area contributed by atoms with Gasteiger partial charge in [0.1, 0.15) is 0 Å². The fraction of sp³-hybridized carbons (Fsp3) is 0.167. The van der Waals surface area contributed by atoms with E-state index < -0.39 is 0 Å². The SMILES string of the molecule is COc1cc(C)nc(Oc2ccccc2N)n1. The van der Waals surface area contributed by atoms with Crippen molar-refractivity contribution in [1.29, 1.82) is 0 Å². The largest absolute Gasteiger partial charge is 0.481 e. The van der Waals surface area contributed by atoms with Gasteiger partial charge in [0, 0.05) is 11.8 Å². The average molecular weight is 231 g/mol. The molecule has 0 unspecified atom stereocenters. The Morgan fingerprint density at radius 3 is 2.65 bits per heavy atom. The van der Waals surface area contributed by atoms with E-state index >= 15 is 0 Å². The molecule has 0 aliphatic heterocycles. The molecule has 5 heteroatoms. The molecule has 0 fully saturated rings. The van der Waals surface area contributed by atoms with E-state index in [0.717, 1.165) is 5.69 Å². The molecule has 17 heavy (non-hydrogen) atoms. The van der Waals surface area contributed by atoms with Gasteiger partial charge in [0.2, 0.25) is 5.88 Å². The van der Waals surface area contributed by atoms with Crippen LogP contribution in [0.15, 0.2) is 30.3 Å². The van der Waals surface area contributed by atoms with Gasteiger partial charge in [-0.2, -0.15) is 9.97 Å². The van der Waals surface area contributed by atoms with Crippen LogP contribution in [0.1, 0.15) is 5.69 Å². The molecule has 5 nitrogen and oxygen atoms in total. The van der Waals surface area contributed by atoms with Crippen molar-refractivity contribution in [1.82, 2.24) is 9.97 Å². The number of benzene rings is 1. The molecule has 0 saturated heterocycles. The molecule has 2 rings (SSSR count). The number of aryl methyl sites for hydroxylation is 1. The minimum atomic E-state index is 0.222. The molecule has 0 aliphatic carbocycles. The zero-order valence-electron chi connectivity index (χ0n) is 9.68. The summed E-state index contributed by atoms with van der Waals surface area (Å²) in [5.41, 5.74) is 7.07. The van der Waals surface area contributed by atoms with E-state index in [2.05, 4.69) is 9.97 Å². The maximum atomic E-state index is 5.77. The molecule has 2 N–H and O–H groups in total. The molecule has 0 aliphatic rings. The van der Waals surface area contributed by atoms with Crippen LogP contribution in [0.3, 0.4) is 0 Å². The van der Waals surface area contributed by atoms with E-state index in [4.69, 9.17) is 15.2 Å². The van der Waals surface area contributed by atoms with Gasteiger partial charge in [-0.15, -0.1) is 0 Å². The number of anilines is 1. The normalized spacial score (nSPS) is 10.0. The van der Waals surface area contributed by atoms with Crippen LogP contribution in [-0.2, 0) is 0 Å². The second-order valence-electron chi connectivity index (χ2n) is 3.47. The van der Waals surface area contributed by atoms with Crippen molar-refractivity contribution in [2.75, 3.05) is 12.8 Å². The Morgan fingerprint density at radius 2 is 1.94 bits per heavy atom. The van der Waals surface area contributed by atoms with E-state index in [1.165, 1.54) is 0 Å². The van der Waals surface area contributed by atoms with Gasteiger partial charge in [-0.1, -0.05) is 12.1 Å². The fourth-order valence-corrected chi connectivity index (χ4v) is 1.34. The Hall–Kier alpha value is -2.30. The molecule has 0 atom stereocenters. The number of methoxy groups -OCH3 is 1. The van der Waals surface area contributed by atoms with Gasteiger partial charge in [0.05, 0.1) is 12.8 Å². The summed E-state index contributed by atoms with van der Waals surface area (Å²) in [6.45, 7) is 1.84. The first-order valence-corrected chi connectivity index (χ1v) is 5.11. The zero-order chi connectivity index (χ0) is 12.3. The van der Waals surface area contributed by atoms with E-state index in [1.807, 2.05) is 19.1 Å². The number of nitrogens with two attached hydrogens (primary N) is 1. The van der Waals surface area contributed by atoms with Crippen LogP contribution in [-0.4, -0.2) is 17.1 Å². The third-order valence-corrected chi connectivity index (χ3v) is 2.14. The van der Waals surface area contributed by atoms with Crippen LogP contribution < -0.4 is 15.2 Å². The van der Waals surface area contributed by atoms with Gasteiger partial charge < -0.3 is 15.2 Å². The van der Waals surface area contributed by atoms with Crippen molar-refractivity contribution in [3.8, 4) is 17.6 Å². The van der Waals surface area contributed by atoms with Gasteiger partial charge >= 0.3 is 6.01 Å². The summed E-state index contributed by atoms with van der Waals surface area (Å²) in [5, 5.41) is 0. The maximum Gasteiger partial charge on any atom is 0.325 e. The second-order valence-corrected chi connectivity index (χ2v) is 3.47. The lowest BCUT2D eigenvalue weighted by Gasteiger charge is -2.08. The lowest BCUT2D eigenvalue weighted by atomic mass is 10.3. The minimum absolute atomic E-state index is 0.222. The molecule has 0 amide bonds. The van der Waals surface area contributed by atoms with Gasteiger partial charge in [-0.3, -0.25) is 0 Å². The molecule has 1 heterocycles. The molecular weight excluding hydrogens is 218 g/mol. The van der Waals surface area contributed by atoms with Crippen LogP contribution in [0, 0.1) is 6.92 Å². The number of nitrogens with zero attached hydrogens (tertiary/aromatic N) is 2. The molecular formula is C12H13N3O2. The predicted octanol–water partition coefficient (Wildman–Crippen LogP) is 2.17. The number of hydrogen-bond acceptors (Lipinski definition) is 5. The van der Waals surface area contributed by atoms with Crippen molar-refractivity contribution in [2.24, 2.45) is 0 Å². The van der Waals surface area contributed by atoms with Crippen molar-refractivity contribution >= 4 is 5.69 Å². The van der Waals surface area contributed by atoms with Crippen molar-refractivity contribution in [3.05, 3.63) is 36.0 Å². The first-order chi connectivity index (χ1) is 8.19. The fourth-order valence-electron chi connectivity index (χ4n) is 1.34. The number of rotatable bonds is 3. The van der Waals surface area contributed by atoms with Gasteiger partial charge in [-0.05, 0) is 19.1 Å². The zero-order valence-corrected chi connectivity index (χ0v) is 9.68. The minimum Gasteiger partial charge on any atom is -0.481 e. The van der Waals surface area contributed by atoms with Crippen molar-refractivity contribution < 1.29 is 9.47 Å². The Balaban J connectivity index is 2.30. The summed E-state index contributed by atoms with van der Waals surface area (Å²) >= 11 is 0. The van der Waals surface area contributed by atoms with Crippen LogP contribution in [0.2, 0.25) is 0 Å². The molecule has 1 aromatic heterocycles. The van der Waals surface area contributed by atoms with Crippen LogP contribution in [0.25, 0.3) is 0 Å².